The number of urea groups is 1. The van der Waals surface area contributed by atoms with E-state index < -0.39 is 18.0 Å². The van der Waals surface area contributed by atoms with E-state index >= 15 is 0 Å². The lowest BCUT2D eigenvalue weighted by atomic mass is 10.1. The Balaban J connectivity index is 2.70. The Morgan fingerprint density at radius 3 is 2.52 bits per heavy atom. The number of carboxylic acids is 1. The number of ether oxygens (including phenoxy) is 2. The first-order chi connectivity index (χ1) is 9.97. The van der Waals surface area contributed by atoms with Crippen LogP contribution < -0.4 is 15.4 Å². The van der Waals surface area contributed by atoms with E-state index in [1.54, 1.807) is 0 Å². The summed E-state index contributed by atoms with van der Waals surface area (Å²) >= 11 is 0. The predicted molar refractivity (Wildman–Crippen MR) is 73.6 cm³/mol. The monoisotopic (exact) mass is 296 g/mol. The van der Waals surface area contributed by atoms with Gasteiger partial charge in [-0.05, 0) is 12.1 Å². The van der Waals surface area contributed by atoms with E-state index in [0.717, 1.165) is 0 Å². The minimum Gasteiger partial charge on any atom is -0.497 e. The Morgan fingerprint density at radius 2 is 1.95 bits per heavy atom. The topological polar surface area (TPSA) is 114 Å². The van der Waals surface area contributed by atoms with Crippen molar-refractivity contribution < 1.29 is 29.0 Å². The number of methoxy groups -OCH3 is 2. The number of anilines is 1. The fraction of sp³-hybridized carbons (Fsp3) is 0.308. The van der Waals surface area contributed by atoms with Gasteiger partial charge in [0.15, 0.2) is 0 Å². The van der Waals surface area contributed by atoms with Crippen molar-refractivity contribution in [1.29, 1.82) is 0 Å². The van der Waals surface area contributed by atoms with Gasteiger partial charge < -0.3 is 25.2 Å². The van der Waals surface area contributed by atoms with Gasteiger partial charge in [0.05, 0.1) is 31.9 Å². The van der Waals surface area contributed by atoms with Crippen molar-refractivity contribution >= 4 is 23.7 Å². The van der Waals surface area contributed by atoms with Gasteiger partial charge in [-0.2, -0.15) is 0 Å². The highest BCUT2D eigenvalue weighted by atomic mass is 16.5. The molecule has 0 atom stereocenters. The smallest absolute Gasteiger partial charge is 0.337 e. The van der Waals surface area contributed by atoms with Crippen LogP contribution in [0.1, 0.15) is 16.8 Å². The van der Waals surface area contributed by atoms with Crippen molar-refractivity contribution in [3.05, 3.63) is 23.8 Å². The summed E-state index contributed by atoms with van der Waals surface area (Å²) in [7, 11) is 2.67. The highest BCUT2D eigenvalue weighted by molar-refractivity contribution is 6.00. The average molecular weight is 296 g/mol. The number of esters is 1. The van der Waals surface area contributed by atoms with Gasteiger partial charge >= 0.3 is 18.0 Å². The number of hydrogen-bond donors (Lipinski definition) is 3. The summed E-state index contributed by atoms with van der Waals surface area (Å²) in [5.41, 5.74) is 0.0244. The standard InChI is InChI=1S/C13H16N2O6/c1-20-8-3-4-9(12(17)18)10(7-8)15-13(19)14-6-5-11(16)21-2/h3-4,7H,5-6H2,1-2H3,(H,17,18)(H2,14,15,19). The molecule has 0 unspecified atom stereocenters. The van der Waals surface area contributed by atoms with E-state index in [1.165, 1.54) is 32.4 Å². The van der Waals surface area contributed by atoms with Crippen molar-refractivity contribution in [2.45, 2.75) is 6.42 Å². The first kappa shape index (κ1) is 16.3. The van der Waals surface area contributed by atoms with Crippen LogP contribution in [0.5, 0.6) is 5.75 Å². The van der Waals surface area contributed by atoms with Crippen molar-refractivity contribution in [3.8, 4) is 5.75 Å². The van der Waals surface area contributed by atoms with Crippen molar-refractivity contribution in [3.63, 3.8) is 0 Å². The SMILES string of the molecule is COC(=O)CCNC(=O)Nc1cc(OC)ccc1C(=O)O. The second kappa shape index (κ2) is 7.73. The molecule has 114 valence electrons. The van der Waals surface area contributed by atoms with Crippen LogP contribution in [0.15, 0.2) is 18.2 Å². The molecule has 0 bridgehead atoms. The molecule has 0 fully saturated rings. The summed E-state index contributed by atoms with van der Waals surface area (Å²) < 4.78 is 9.40. The van der Waals surface area contributed by atoms with Crippen LogP contribution in [-0.4, -0.2) is 43.8 Å². The van der Waals surface area contributed by atoms with E-state index in [4.69, 9.17) is 9.84 Å². The third-order valence-electron chi connectivity index (χ3n) is 2.55. The van der Waals surface area contributed by atoms with Crippen LogP contribution >= 0.6 is 0 Å². The highest BCUT2D eigenvalue weighted by Gasteiger charge is 2.13. The Morgan fingerprint density at radius 1 is 1.24 bits per heavy atom. The Hall–Kier alpha value is -2.77. The first-order valence-corrected chi connectivity index (χ1v) is 6.01. The molecule has 3 N–H and O–H groups in total. The average Bonchev–Trinajstić information content (AvgIpc) is 2.46. The Kier molecular flexibility index (Phi) is 5.99. The quantitative estimate of drug-likeness (QED) is 0.677. The van der Waals surface area contributed by atoms with Crippen LogP contribution in [0.3, 0.4) is 0 Å². The Labute approximate surface area is 121 Å². The maximum Gasteiger partial charge on any atom is 0.337 e. The lowest BCUT2D eigenvalue weighted by molar-refractivity contribution is -0.140. The molecule has 2 amide bonds. The second-order valence-corrected chi connectivity index (χ2v) is 3.92. The van der Waals surface area contributed by atoms with Gasteiger partial charge in [0.1, 0.15) is 5.75 Å². The van der Waals surface area contributed by atoms with Crippen LogP contribution in [0.4, 0.5) is 10.5 Å². The van der Waals surface area contributed by atoms with E-state index in [2.05, 4.69) is 15.4 Å². The summed E-state index contributed by atoms with van der Waals surface area (Å²) in [6, 6.07) is 3.56. The number of aromatic carboxylic acids is 1. The molecule has 21 heavy (non-hydrogen) atoms. The molecule has 1 aromatic rings. The molecule has 0 saturated heterocycles. The zero-order chi connectivity index (χ0) is 15.8. The molecule has 1 aromatic carbocycles. The fourth-order valence-electron chi connectivity index (χ4n) is 1.49. The third kappa shape index (κ3) is 5.01. The lowest BCUT2D eigenvalue weighted by Crippen LogP contribution is -2.31. The van der Waals surface area contributed by atoms with E-state index in [0.29, 0.717) is 5.75 Å². The Bertz CT molecular complexity index is 543. The molecule has 0 saturated carbocycles. The number of nitrogens with one attached hydrogen (secondary N) is 2. The molecule has 0 heterocycles. The van der Waals surface area contributed by atoms with Gasteiger partial charge in [-0.1, -0.05) is 0 Å². The zero-order valence-electron chi connectivity index (χ0n) is 11.6. The van der Waals surface area contributed by atoms with Gasteiger partial charge in [0.25, 0.3) is 0 Å². The van der Waals surface area contributed by atoms with Crippen molar-refractivity contribution in [1.82, 2.24) is 5.32 Å². The first-order valence-electron chi connectivity index (χ1n) is 6.01. The molecular weight excluding hydrogens is 280 g/mol. The number of carbonyl (C=O) groups excluding carboxylic acids is 2. The molecule has 0 spiro atoms. The second-order valence-electron chi connectivity index (χ2n) is 3.92. The number of carbonyl (C=O) groups is 3. The summed E-state index contributed by atoms with van der Waals surface area (Å²) in [6.07, 6.45) is 0.0216. The molecule has 8 heteroatoms. The van der Waals surface area contributed by atoms with Crippen LogP contribution in [0.25, 0.3) is 0 Å². The van der Waals surface area contributed by atoms with Crippen LogP contribution in [-0.2, 0) is 9.53 Å². The number of benzene rings is 1. The molecule has 0 aliphatic carbocycles. The molecule has 0 aliphatic heterocycles. The minimum atomic E-state index is -1.18. The van der Waals surface area contributed by atoms with Gasteiger partial charge in [0, 0.05) is 12.6 Å². The number of rotatable bonds is 6. The molecule has 8 nitrogen and oxygen atoms in total. The van der Waals surface area contributed by atoms with E-state index in [9.17, 15) is 14.4 Å². The normalized spacial score (nSPS) is 9.62. The van der Waals surface area contributed by atoms with E-state index in [-0.39, 0.29) is 24.2 Å². The zero-order valence-corrected chi connectivity index (χ0v) is 11.6. The van der Waals surface area contributed by atoms with Crippen LogP contribution in [0.2, 0.25) is 0 Å². The minimum absolute atomic E-state index is 0.0216. The summed E-state index contributed by atoms with van der Waals surface area (Å²) in [6.45, 7) is 0.0743. The summed E-state index contributed by atoms with van der Waals surface area (Å²) in [4.78, 5) is 33.6. The number of amides is 2. The largest absolute Gasteiger partial charge is 0.497 e. The predicted octanol–water partition coefficient (Wildman–Crippen LogP) is 1.08. The summed E-state index contributed by atoms with van der Waals surface area (Å²) in [5.74, 6) is -1.23. The molecular formula is C13H16N2O6. The molecule has 0 radical (unpaired) electrons. The van der Waals surface area contributed by atoms with Crippen LogP contribution in [0, 0.1) is 0 Å². The highest BCUT2D eigenvalue weighted by Crippen LogP contribution is 2.22. The van der Waals surface area contributed by atoms with Gasteiger partial charge in [0.2, 0.25) is 0 Å². The number of carboxylic acid groups (broad SMARTS) is 1. The summed E-state index contributed by atoms with van der Waals surface area (Å²) in [5, 5.41) is 13.9. The number of hydrogen-bond acceptors (Lipinski definition) is 5. The third-order valence-corrected chi connectivity index (χ3v) is 2.55. The van der Waals surface area contributed by atoms with Gasteiger partial charge in [-0.25, -0.2) is 9.59 Å². The van der Waals surface area contributed by atoms with Gasteiger partial charge in [-0.3, -0.25) is 4.79 Å². The maximum absolute atomic E-state index is 11.6. The van der Waals surface area contributed by atoms with Gasteiger partial charge in [-0.15, -0.1) is 0 Å². The van der Waals surface area contributed by atoms with Crippen molar-refractivity contribution in [2.75, 3.05) is 26.1 Å². The molecule has 0 aromatic heterocycles. The van der Waals surface area contributed by atoms with Crippen molar-refractivity contribution in [2.24, 2.45) is 0 Å². The fourth-order valence-corrected chi connectivity index (χ4v) is 1.49. The maximum atomic E-state index is 11.6. The molecule has 1 rings (SSSR count). The lowest BCUT2D eigenvalue weighted by Gasteiger charge is -2.11. The molecule has 0 aliphatic rings. The van der Waals surface area contributed by atoms with E-state index in [1.807, 2.05) is 0 Å².